The van der Waals surface area contributed by atoms with Crippen LogP contribution in [-0.2, 0) is 12.8 Å². The summed E-state index contributed by atoms with van der Waals surface area (Å²) in [5, 5.41) is 0.863. The van der Waals surface area contributed by atoms with Crippen molar-refractivity contribution in [2.75, 3.05) is 0 Å². The Labute approximate surface area is 110 Å². The van der Waals surface area contributed by atoms with Crippen molar-refractivity contribution in [3.8, 4) is 0 Å². The van der Waals surface area contributed by atoms with Crippen molar-refractivity contribution in [2.45, 2.75) is 51.9 Å². The molecule has 0 spiro atoms. The number of aryl methyl sites for hydroxylation is 2. The van der Waals surface area contributed by atoms with Crippen LogP contribution in [-0.4, -0.2) is 9.97 Å². The normalized spacial score (nSPS) is 16.8. The summed E-state index contributed by atoms with van der Waals surface area (Å²) in [6, 6.07) is 0. The SMILES string of the molecule is CCC(C)c1nc2sc3c(c2c(=O)[nH]1)CCCC3. The maximum absolute atomic E-state index is 12.3. The molecule has 0 bridgehead atoms. The maximum atomic E-state index is 12.3. The molecule has 1 N–H and O–H groups in total. The van der Waals surface area contributed by atoms with E-state index in [0.29, 0.717) is 5.92 Å². The number of hydrogen-bond donors (Lipinski definition) is 1. The van der Waals surface area contributed by atoms with Crippen molar-refractivity contribution < 1.29 is 0 Å². The van der Waals surface area contributed by atoms with Gasteiger partial charge in [-0.25, -0.2) is 4.98 Å². The largest absolute Gasteiger partial charge is 0.310 e. The molecule has 18 heavy (non-hydrogen) atoms. The lowest BCUT2D eigenvalue weighted by atomic mass is 9.97. The Morgan fingerprint density at radius 3 is 2.94 bits per heavy atom. The van der Waals surface area contributed by atoms with Crippen LogP contribution in [0.1, 0.15) is 55.3 Å². The number of aromatic amines is 1. The van der Waals surface area contributed by atoms with E-state index in [1.54, 1.807) is 11.3 Å². The van der Waals surface area contributed by atoms with Crippen molar-refractivity contribution in [1.82, 2.24) is 9.97 Å². The third kappa shape index (κ3) is 1.79. The first-order valence-electron chi connectivity index (χ1n) is 6.75. The van der Waals surface area contributed by atoms with Crippen molar-refractivity contribution >= 4 is 21.6 Å². The Hall–Kier alpha value is -1.16. The van der Waals surface area contributed by atoms with Gasteiger partial charge in [-0.1, -0.05) is 13.8 Å². The van der Waals surface area contributed by atoms with Crippen LogP contribution >= 0.6 is 11.3 Å². The van der Waals surface area contributed by atoms with Gasteiger partial charge in [-0.3, -0.25) is 4.79 Å². The molecule has 0 saturated heterocycles. The number of hydrogen-bond acceptors (Lipinski definition) is 3. The molecule has 0 radical (unpaired) electrons. The zero-order valence-electron chi connectivity index (χ0n) is 10.9. The third-order valence-corrected chi connectivity index (χ3v) is 5.11. The van der Waals surface area contributed by atoms with Crippen molar-refractivity contribution in [2.24, 2.45) is 0 Å². The van der Waals surface area contributed by atoms with Gasteiger partial charge in [-0.05, 0) is 37.7 Å². The molecule has 4 heteroatoms. The maximum Gasteiger partial charge on any atom is 0.259 e. The van der Waals surface area contributed by atoms with Crippen LogP contribution in [0.15, 0.2) is 4.79 Å². The van der Waals surface area contributed by atoms with Gasteiger partial charge in [-0.2, -0.15) is 0 Å². The lowest BCUT2D eigenvalue weighted by molar-refractivity contribution is 0.679. The molecular formula is C14H18N2OS. The molecule has 0 aromatic carbocycles. The number of rotatable bonds is 2. The molecule has 96 valence electrons. The van der Waals surface area contributed by atoms with Crippen LogP contribution < -0.4 is 5.56 Å². The number of nitrogens with one attached hydrogen (secondary N) is 1. The van der Waals surface area contributed by atoms with E-state index in [-0.39, 0.29) is 5.56 Å². The number of nitrogens with zero attached hydrogens (tertiary/aromatic N) is 1. The molecule has 3 nitrogen and oxygen atoms in total. The Morgan fingerprint density at radius 1 is 1.39 bits per heavy atom. The lowest BCUT2D eigenvalue weighted by Crippen LogP contribution is -2.14. The number of H-pyrrole nitrogens is 1. The van der Waals surface area contributed by atoms with E-state index in [9.17, 15) is 4.79 Å². The smallest absolute Gasteiger partial charge is 0.259 e. The second-order valence-corrected chi connectivity index (χ2v) is 6.24. The molecule has 2 heterocycles. The fourth-order valence-corrected chi connectivity index (χ4v) is 3.88. The zero-order chi connectivity index (χ0) is 12.7. The van der Waals surface area contributed by atoms with Crippen LogP contribution in [0.4, 0.5) is 0 Å². The van der Waals surface area contributed by atoms with Crippen LogP contribution in [0.3, 0.4) is 0 Å². The minimum atomic E-state index is 0.0645. The Kier molecular flexibility index (Phi) is 2.98. The molecule has 1 atom stereocenters. The van der Waals surface area contributed by atoms with E-state index in [1.165, 1.54) is 23.3 Å². The molecule has 0 amide bonds. The van der Waals surface area contributed by atoms with Crippen LogP contribution in [0.5, 0.6) is 0 Å². The second-order valence-electron chi connectivity index (χ2n) is 5.15. The van der Waals surface area contributed by atoms with Gasteiger partial charge >= 0.3 is 0 Å². The summed E-state index contributed by atoms with van der Waals surface area (Å²) in [6.45, 7) is 4.23. The summed E-state index contributed by atoms with van der Waals surface area (Å²) < 4.78 is 0. The topological polar surface area (TPSA) is 45.8 Å². The first kappa shape index (κ1) is 11.9. The fourth-order valence-electron chi connectivity index (χ4n) is 2.61. The average Bonchev–Trinajstić information content (AvgIpc) is 2.76. The van der Waals surface area contributed by atoms with Crippen molar-refractivity contribution in [1.29, 1.82) is 0 Å². The van der Waals surface area contributed by atoms with E-state index >= 15 is 0 Å². The first-order valence-corrected chi connectivity index (χ1v) is 7.56. The molecule has 3 rings (SSSR count). The van der Waals surface area contributed by atoms with Gasteiger partial charge in [0.05, 0.1) is 5.39 Å². The summed E-state index contributed by atoms with van der Waals surface area (Å²) in [5.41, 5.74) is 1.33. The van der Waals surface area contributed by atoms with Gasteiger partial charge < -0.3 is 4.98 Å². The van der Waals surface area contributed by atoms with Gasteiger partial charge in [0.1, 0.15) is 10.7 Å². The van der Waals surface area contributed by atoms with Gasteiger partial charge in [0.2, 0.25) is 0 Å². The highest BCUT2D eigenvalue weighted by molar-refractivity contribution is 7.18. The highest BCUT2D eigenvalue weighted by atomic mass is 32.1. The van der Waals surface area contributed by atoms with Gasteiger partial charge in [-0.15, -0.1) is 11.3 Å². The predicted molar refractivity (Wildman–Crippen MR) is 75.6 cm³/mol. The van der Waals surface area contributed by atoms with E-state index in [1.807, 2.05) is 0 Å². The minimum Gasteiger partial charge on any atom is -0.310 e. The Balaban J connectivity index is 2.23. The highest BCUT2D eigenvalue weighted by Gasteiger charge is 2.20. The summed E-state index contributed by atoms with van der Waals surface area (Å²) >= 11 is 1.72. The summed E-state index contributed by atoms with van der Waals surface area (Å²) in [5.74, 6) is 1.16. The number of thiophene rings is 1. The number of fused-ring (bicyclic) bond motifs is 3. The standard InChI is InChI=1S/C14H18N2OS/c1-3-8(2)12-15-13(17)11-9-6-4-5-7-10(9)18-14(11)16-12/h8H,3-7H2,1-2H3,(H,15,16,17). The van der Waals surface area contributed by atoms with E-state index < -0.39 is 0 Å². The van der Waals surface area contributed by atoms with Gasteiger partial charge in [0.25, 0.3) is 5.56 Å². The molecule has 0 aliphatic heterocycles. The highest BCUT2D eigenvalue weighted by Crippen LogP contribution is 2.33. The Morgan fingerprint density at radius 2 is 2.17 bits per heavy atom. The van der Waals surface area contributed by atoms with Crippen LogP contribution in [0.25, 0.3) is 10.2 Å². The van der Waals surface area contributed by atoms with Gasteiger partial charge in [0.15, 0.2) is 0 Å². The lowest BCUT2D eigenvalue weighted by Gasteiger charge is -2.10. The van der Waals surface area contributed by atoms with Crippen LogP contribution in [0, 0.1) is 0 Å². The number of aromatic nitrogens is 2. The monoisotopic (exact) mass is 262 g/mol. The van der Waals surface area contributed by atoms with E-state index in [0.717, 1.165) is 35.3 Å². The first-order chi connectivity index (χ1) is 8.70. The second kappa shape index (κ2) is 4.50. The minimum absolute atomic E-state index is 0.0645. The molecular weight excluding hydrogens is 244 g/mol. The molecule has 1 aliphatic carbocycles. The average molecular weight is 262 g/mol. The van der Waals surface area contributed by atoms with Gasteiger partial charge in [0, 0.05) is 10.8 Å². The van der Waals surface area contributed by atoms with E-state index in [2.05, 4.69) is 23.8 Å². The quantitative estimate of drug-likeness (QED) is 0.901. The van der Waals surface area contributed by atoms with E-state index in [4.69, 9.17) is 0 Å². The van der Waals surface area contributed by atoms with Crippen molar-refractivity contribution in [3.05, 3.63) is 26.6 Å². The molecule has 0 saturated carbocycles. The summed E-state index contributed by atoms with van der Waals surface area (Å²) in [4.78, 5) is 22.2. The Bertz CT molecular complexity index is 641. The van der Waals surface area contributed by atoms with Crippen molar-refractivity contribution in [3.63, 3.8) is 0 Å². The summed E-state index contributed by atoms with van der Waals surface area (Å²) in [7, 11) is 0. The predicted octanol–water partition coefficient (Wildman–Crippen LogP) is 3.38. The molecule has 1 unspecified atom stereocenters. The zero-order valence-corrected chi connectivity index (χ0v) is 11.7. The van der Waals surface area contributed by atoms with Crippen LogP contribution in [0.2, 0.25) is 0 Å². The molecule has 2 aromatic heterocycles. The fraction of sp³-hybridized carbons (Fsp3) is 0.571. The third-order valence-electron chi connectivity index (χ3n) is 3.92. The molecule has 1 aliphatic rings. The summed E-state index contributed by atoms with van der Waals surface area (Å²) in [6.07, 6.45) is 5.61. The molecule has 2 aromatic rings. The molecule has 0 fully saturated rings.